The molecule has 0 amide bonds. The molecule has 0 unspecified atom stereocenters. The molecule has 2 heterocycles. The van der Waals surface area contributed by atoms with Crippen LogP contribution in [-0.2, 0) is 15.4 Å². The highest BCUT2D eigenvalue weighted by Gasteiger charge is 2.25. The molecule has 0 aliphatic carbocycles. The van der Waals surface area contributed by atoms with Crippen molar-refractivity contribution < 1.29 is 8.42 Å². The lowest BCUT2D eigenvalue weighted by Crippen LogP contribution is -2.36. The molecule has 0 saturated heterocycles. The molecule has 0 bridgehead atoms. The second kappa shape index (κ2) is 5.81. The maximum absolute atomic E-state index is 12.2. The number of hydrogen-bond acceptors (Lipinski definition) is 4. The van der Waals surface area contributed by atoms with Crippen molar-refractivity contribution in [3.8, 4) is 0 Å². The summed E-state index contributed by atoms with van der Waals surface area (Å²) in [7, 11) is -3.58. The van der Waals surface area contributed by atoms with Crippen molar-refractivity contribution in [1.29, 1.82) is 0 Å². The molecule has 2 rings (SSSR count). The Hall–Kier alpha value is -0.950. The van der Waals surface area contributed by atoms with Gasteiger partial charge in [-0.3, -0.25) is 0 Å². The average molecular weight is 331 g/mol. The van der Waals surface area contributed by atoms with Gasteiger partial charge in [0.15, 0.2) is 0 Å². The molecule has 0 radical (unpaired) electrons. The summed E-state index contributed by atoms with van der Waals surface area (Å²) in [5.74, 6) is 0. The van der Waals surface area contributed by atoms with Gasteiger partial charge < -0.3 is 0 Å². The highest BCUT2D eigenvalue weighted by molar-refractivity contribution is 7.89. The summed E-state index contributed by atoms with van der Waals surface area (Å²) < 4.78 is 27.0. The highest BCUT2D eigenvalue weighted by Crippen LogP contribution is 2.27. The zero-order valence-electron chi connectivity index (χ0n) is 11.1. The van der Waals surface area contributed by atoms with Gasteiger partial charge >= 0.3 is 0 Å². The van der Waals surface area contributed by atoms with Crippen LogP contribution >= 0.6 is 22.9 Å². The number of halogens is 1. The molecule has 0 fully saturated rings. The number of nitrogens with zero attached hydrogens (tertiary/aromatic N) is 1. The Balaban J connectivity index is 2.14. The topological polar surface area (TPSA) is 59.1 Å². The number of thiophene rings is 1. The maximum atomic E-state index is 12.2. The van der Waals surface area contributed by atoms with E-state index in [0.29, 0.717) is 6.54 Å². The van der Waals surface area contributed by atoms with E-state index in [4.69, 9.17) is 11.6 Å². The van der Waals surface area contributed by atoms with Crippen molar-refractivity contribution >= 4 is 33.0 Å². The van der Waals surface area contributed by atoms with Crippen molar-refractivity contribution in [1.82, 2.24) is 9.71 Å². The van der Waals surface area contributed by atoms with Gasteiger partial charge in [-0.2, -0.15) is 0 Å². The van der Waals surface area contributed by atoms with Crippen LogP contribution in [0.4, 0.5) is 0 Å². The van der Waals surface area contributed by atoms with Gasteiger partial charge in [-0.05, 0) is 23.6 Å². The van der Waals surface area contributed by atoms with Gasteiger partial charge in [0.25, 0.3) is 0 Å². The first-order chi connectivity index (χ1) is 9.31. The molecule has 108 valence electrons. The molecular weight excluding hydrogens is 316 g/mol. The van der Waals surface area contributed by atoms with Crippen molar-refractivity contribution in [3.05, 3.63) is 45.9 Å². The van der Waals surface area contributed by atoms with Crippen molar-refractivity contribution in [2.75, 3.05) is 6.54 Å². The second-order valence-electron chi connectivity index (χ2n) is 5.00. The Morgan fingerprint density at radius 2 is 2.15 bits per heavy atom. The molecule has 1 N–H and O–H groups in total. The van der Waals surface area contributed by atoms with E-state index >= 15 is 0 Å². The van der Waals surface area contributed by atoms with Crippen LogP contribution in [-0.4, -0.2) is 19.9 Å². The zero-order valence-corrected chi connectivity index (χ0v) is 13.5. The first-order valence-electron chi connectivity index (χ1n) is 5.96. The summed E-state index contributed by atoms with van der Waals surface area (Å²) in [4.78, 5) is 5.03. The monoisotopic (exact) mass is 330 g/mol. The first kappa shape index (κ1) is 15.4. The van der Waals surface area contributed by atoms with Crippen molar-refractivity contribution in [3.63, 3.8) is 0 Å². The van der Waals surface area contributed by atoms with E-state index in [1.165, 1.54) is 18.3 Å². The van der Waals surface area contributed by atoms with Crippen LogP contribution in [0, 0.1) is 0 Å². The second-order valence-corrected chi connectivity index (χ2v) is 8.10. The summed E-state index contributed by atoms with van der Waals surface area (Å²) in [6.45, 7) is 4.32. The van der Waals surface area contributed by atoms with E-state index in [2.05, 4.69) is 9.71 Å². The molecule has 0 aromatic carbocycles. The lowest BCUT2D eigenvalue weighted by Gasteiger charge is -2.23. The van der Waals surface area contributed by atoms with Gasteiger partial charge in [0.2, 0.25) is 10.0 Å². The lowest BCUT2D eigenvalue weighted by molar-refractivity contribution is 0.509. The first-order valence-corrected chi connectivity index (χ1v) is 8.70. The number of rotatable bonds is 5. The molecule has 0 atom stereocenters. The van der Waals surface area contributed by atoms with Crippen LogP contribution in [0.1, 0.15) is 18.7 Å². The van der Waals surface area contributed by atoms with E-state index in [-0.39, 0.29) is 15.5 Å². The number of hydrogen-bond donors (Lipinski definition) is 1. The zero-order chi connectivity index (χ0) is 14.8. The molecule has 0 saturated carbocycles. The summed E-state index contributed by atoms with van der Waals surface area (Å²) in [5.41, 5.74) is -0.266. The Morgan fingerprint density at radius 1 is 1.40 bits per heavy atom. The number of nitrogens with one attached hydrogen (secondary N) is 1. The van der Waals surface area contributed by atoms with E-state index in [1.807, 2.05) is 31.4 Å². The standard InChI is InChI=1S/C13H15ClN2O2S2/c1-13(2,11-4-3-7-19-11)9-16-20(17,18)10-5-6-15-12(14)8-10/h3-8,16H,9H2,1-2H3. The van der Waals surface area contributed by atoms with E-state index < -0.39 is 10.0 Å². The van der Waals surface area contributed by atoms with E-state index in [1.54, 1.807) is 11.3 Å². The molecule has 20 heavy (non-hydrogen) atoms. The third-order valence-electron chi connectivity index (χ3n) is 2.90. The Labute approximate surface area is 127 Å². The minimum Gasteiger partial charge on any atom is -0.244 e. The smallest absolute Gasteiger partial charge is 0.240 e. The predicted molar refractivity (Wildman–Crippen MR) is 81.8 cm³/mol. The average Bonchev–Trinajstić information content (AvgIpc) is 2.91. The summed E-state index contributed by atoms with van der Waals surface area (Å²) in [6, 6.07) is 6.72. The molecule has 4 nitrogen and oxygen atoms in total. The molecule has 0 aliphatic heterocycles. The van der Waals surface area contributed by atoms with Gasteiger partial charge in [-0.25, -0.2) is 18.1 Å². The fourth-order valence-corrected chi connectivity index (χ4v) is 3.98. The third-order valence-corrected chi connectivity index (χ3v) is 5.74. The van der Waals surface area contributed by atoms with E-state index in [9.17, 15) is 8.42 Å². The van der Waals surface area contributed by atoms with E-state index in [0.717, 1.165) is 4.88 Å². The fraction of sp³-hybridized carbons (Fsp3) is 0.308. The Kier molecular flexibility index (Phi) is 4.49. The number of pyridine rings is 1. The predicted octanol–water partition coefficient (Wildman–Crippen LogP) is 3.05. The molecule has 2 aromatic heterocycles. The summed E-state index contributed by atoms with van der Waals surface area (Å²) in [6.07, 6.45) is 1.38. The molecule has 7 heteroatoms. The van der Waals surface area contributed by atoms with Crippen LogP contribution < -0.4 is 4.72 Å². The SMILES string of the molecule is CC(C)(CNS(=O)(=O)c1ccnc(Cl)c1)c1cccs1. The van der Waals surface area contributed by atoms with Crippen LogP contribution in [0.15, 0.2) is 40.7 Å². The normalized spacial score (nSPS) is 12.6. The summed E-state index contributed by atoms with van der Waals surface area (Å²) >= 11 is 7.33. The Morgan fingerprint density at radius 3 is 2.75 bits per heavy atom. The van der Waals surface area contributed by atoms with Crippen LogP contribution in [0.3, 0.4) is 0 Å². The largest absolute Gasteiger partial charge is 0.244 e. The Bertz CT molecular complexity index is 682. The quantitative estimate of drug-likeness (QED) is 0.857. The fourth-order valence-electron chi connectivity index (χ4n) is 1.66. The molecular formula is C13H15ClN2O2S2. The lowest BCUT2D eigenvalue weighted by atomic mass is 9.92. The van der Waals surface area contributed by atoms with Crippen LogP contribution in [0.2, 0.25) is 5.15 Å². The minimum atomic E-state index is -3.58. The van der Waals surface area contributed by atoms with Crippen molar-refractivity contribution in [2.24, 2.45) is 0 Å². The van der Waals surface area contributed by atoms with Gasteiger partial charge in [-0.1, -0.05) is 31.5 Å². The number of aromatic nitrogens is 1. The molecule has 0 spiro atoms. The molecule has 2 aromatic rings. The summed E-state index contributed by atoms with van der Waals surface area (Å²) in [5, 5.41) is 2.14. The van der Waals surface area contributed by atoms with Gasteiger partial charge in [0, 0.05) is 23.0 Å². The maximum Gasteiger partial charge on any atom is 0.240 e. The van der Waals surface area contributed by atoms with Gasteiger partial charge in [-0.15, -0.1) is 11.3 Å². The van der Waals surface area contributed by atoms with Crippen LogP contribution in [0.25, 0.3) is 0 Å². The van der Waals surface area contributed by atoms with Crippen molar-refractivity contribution in [2.45, 2.75) is 24.2 Å². The van der Waals surface area contributed by atoms with Gasteiger partial charge in [0.1, 0.15) is 5.15 Å². The third kappa shape index (κ3) is 3.58. The van der Waals surface area contributed by atoms with Gasteiger partial charge in [0.05, 0.1) is 4.90 Å². The number of sulfonamides is 1. The van der Waals surface area contributed by atoms with Crippen LogP contribution in [0.5, 0.6) is 0 Å². The molecule has 0 aliphatic rings. The highest BCUT2D eigenvalue weighted by atomic mass is 35.5. The minimum absolute atomic E-state index is 0.125.